The van der Waals surface area contributed by atoms with Crippen molar-refractivity contribution in [3.8, 4) is 11.4 Å². The molecular formula is C15H13N3O. The van der Waals surface area contributed by atoms with Crippen LogP contribution in [-0.4, -0.2) is 20.7 Å². The molecule has 1 aromatic carbocycles. The van der Waals surface area contributed by atoms with Crippen LogP contribution < -0.4 is 0 Å². The third kappa shape index (κ3) is 1.49. The molecule has 0 N–H and O–H groups in total. The van der Waals surface area contributed by atoms with E-state index in [-0.39, 0.29) is 5.91 Å². The van der Waals surface area contributed by atoms with E-state index in [0.29, 0.717) is 5.82 Å². The van der Waals surface area contributed by atoms with Gasteiger partial charge in [0.05, 0.1) is 0 Å². The molecule has 0 spiro atoms. The molecule has 2 aromatic rings. The number of allylic oxidation sites excluding steroid dienone is 2. The minimum absolute atomic E-state index is 0.0272. The topological polar surface area (TPSA) is 47.8 Å². The minimum Gasteiger partial charge on any atom is -0.267 e. The summed E-state index contributed by atoms with van der Waals surface area (Å²) in [5, 5.41) is 4.38. The van der Waals surface area contributed by atoms with Gasteiger partial charge in [0.2, 0.25) is 0 Å². The predicted octanol–water partition coefficient (Wildman–Crippen LogP) is 2.93. The monoisotopic (exact) mass is 251 g/mol. The van der Waals surface area contributed by atoms with Crippen molar-refractivity contribution < 1.29 is 4.79 Å². The Balaban J connectivity index is 1.84. The summed E-state index contributed by atoms with van der Waals surface area (Å²) < 4.78 is 1.48. The van der Waals surface area contributed by atoms with E-state index >= 15 is 0 Å². The first-order valence-electron chi connectivity index (χ1n) is 6.64. The molecule has 1 aliphatic heterocycles. The van der Waals surface area contributed by atoms with Crippen molar-refractivity contribution in [3.05, 3.63) is 41.7 Å². The summed E-state index contributed by atoms with van der Waals surface area (Å²) in [6, 6.07) is 9.79. The molecule has 94 valence electrons. The maximum atomic E-state index is 12.3. The Bertz CT molecular complexity index is 697. The van der Waals surface area contributed by atoms with Gasteiger partial charge in [-0.15, -0.1) is 5.10 Å². The number of carbonyl (C=O) groups is 1. The lowest BCUT2D eigenvalue weighted by Gasteiger charge is -2.10. The molecular weight excluding hydrogens is 238 g/mol. The van der Waals surface area contributed by atoms with Gasteiger partial charge in [-0.1, -0.05) is 30.3 Å². The fourth-order valence-corrected chi connectivity index (χ4v) is 2.87. The summed E-state index contributed by atoms with van der Waals surface area (Å²) in [4.78, 5) is 16.8. The zero-order valence-corrected chi connectivity index (χ0v) is 10.5. The Labute approximate surface area is 110 Å². The summed E-state index contributed by atoms with van der Waals surface area (Å²) in [6.45, 7) is 0. The molecule has 0 saturated heterocycles. The zero-order chi connectivity index (χ0) is 12.8. The maximum Gasteiger partial charge on any atom is 0.276 e. The molecule has 2 aliphatic rings. The summed E-state index contributed by atoms with van der Waals surface area (Å²) in [5.74, 6) is 1.43. The Hall–Kier alpha value is -2.23. The molecule has 0 radical (unpaired) electrons. The highest BCUT2D eigenvalue weighted by Gasteiger charge is 2.33. The summed E-state index contributed by atoms with van der Waals surface area (Å²) >= 11 is 0. The van der Waals surface area contributed by atoms with Crippen molar-refractivity contribution in [2.75, 3.05) is 0 Å². The van der Waals surface area contributed by atoms with Gasteiger partial charge in [-0.3, -0.25) is 4.79 Å². The number of nitrogens with zero attached hydrogens (tertiary/aromatic N) is 3. The van der Waals surface area contributed by atoms with Gasteiger partial charge in [0.25, 0.3) is 5.91 Å². The first kappa shape index (κ1) is 10.7. The van der Waals surface area contributed by atoms with Crippen LogP contribution in [-0.2, 0) is 0 Å². The lowest BCUT2D eigenvalue weighted by Crippen LogP contribution is -2.11. The van der Waals surface area contributed by atoms with E-state index in [1.807, 2.05) is 30.3 Å². The standard InChI is InChI=1S/C15H13N3O/c19-15-12-9-5-4-8-11(12)14-16-13(17-18(14)15)10-6-2-1-3-7-10/h1-3,6-7H,4-5,8-9H2. The Morgan fingerprint density at radius 3 is 2.53 bits per heavy atom. The fraction of sp³-hybridized carbons (Fsp3) is 0.267. The molecule has 0 fully saturated rings. The van der Waals surface area contributed by atoms with Crippen LogP contribution in [0.3, 0.4) is 0 Å². The average Bonchev–Trinajstić information content (AvgIpc) is 3.01. The summed E-state index contributed by atoms with van der Waals surface area (Å²) in [7, 11) is 0. The second-order valence-corrected chi connectivity index (χ2v) is 5.01. The van der Waals surface area contributed by atoms with Crippen LogP contribution in [0.5, 0.6) is 0 Å². The minimum atomic E-state index is 0.0272. The number of benzene rings is 1. The van der Waals surface area contributed by atoms with E-state index in [9.17, 15) is 4.79 Å². The quantitative estimate of drug-likeness (QED) is 0.783. The zero-order valence-electron chi connectivity index (χ0n) is 10.5. The van der Waals surface area contributed by atoms with Gasteiger partial charge >= 0.3 is 0 Å². The van der Waals surface area contributed by atoms with Gasteiger partial charge in [-0.05, 0) is 25.7 Å². The van der Waals surface area contributed by atoms with Gasteiger partial charge in [-0.25, -0.2) is 4.98 Å². The Morgan fingerprint density at radius 1 is 1.00 bits per heavy atom. The molecule has 4 nitrogen and oxygen atoms in total. The van der Waals surface area contributed by atoms with Crippen molar-refractivity contribution in [2.45, 2.75) is 25.7 Å². The van der Waals surface area contributed by atoms with Gasteiger partial charge in [0.1, 0.15) is 0 Å². The molecule has 1 aromatic heterocycles. The first-order valence-corrected chi connectivity index (χ1v) is 6.64. The highest BCUT2D eigenvalue weighted by atomic mass is 16.2. The average molecular weight is 251 g/mol. The lowest BCUT2D eigenvalue weighted by molar-refractivity contribution is 0.0942. The largest absolute Gasteiger partial charge is 0.276 e. The molecule has 0 atom stereocenters. The van der Waals surface area contributed by atoms with Crippen molar-refractivity contribution in [2.24, 2.45) is 0 Å². The molecule has 0 amide bonds. The number of rotatable bonds is 1. The maximum absolute atomic E-state index is 12.3. The van der Waals surface area contributed by atoms with Gasteiger partial charge in [0, 0.05) is 16.7 Å². The van der Waals surface area contributed by atoms with E-state index in [4.69, 9.17) is 0 Å². The smallest absolute Gasteiger partial charge is 0.267 e. The van der Waals surface area contributed by atoms with Crippen molar-refractivity contribution in [3.63, 3.8) is 0 Å². The van der Waals surface area contributed by atoms with Crippen LogP contribution in [0.2, 0.25) is 0 Å². The number of hydrogen-bond donors (Lipinski definition) is 0. The fourth-order valence-electron chi connectivity index (χ4n) is 2.87. The van der Waals surface area contributed by atoms with Crippen LogP contribution in [0, 0.1) is 0 Å². The predicted molar refractivity (Wildman–Crippen MR) is 71.5 cm³/mol. The third-order valence-corrected chi connectivity index (χ3v) is 3.83. The van der Waals surface area contributed by atoms with E-state index in [1.165, 1.54) is 4.68 Å². The summed E-state index contributed by atoms with van der Waals surface area (Å²) in [6.07, 6.45) is 4.06. The van der Waals surface area contributed by atoms with Gasteiger partial charge < -0.3 is 0 Å². The second kappa shape index (κ2) is 3.88. The lowest BCUT2D eigenvalue weighted by atomic mass is 9.93. The molecule has 4 rings (SSSR count). The molecule has 0 unspecified atom stereocenters. The molecule has 2 heterocycles. The second-order valence-electron chi connectivity index (χ2n) is 5.01. The van der Waals surface area contributed by atoms with Crippen LogP contribution in [0.4, 0.5) is 0 Å². The van der Waals surface area contributed by atoms with Crippen molar-refractivity contribution >= 4 is 11.5 Å². The van der Waals surface area contributed by atoms with Crippen LogP contribution in [0.15, 0.2) is 35.9 Å². The van der Waals surface area contributed by atoms with Gasteiger partial charge in [-0.2, -0.15) is 4.68 Å². The third-order valence-electron chi connectivity index (χ3n) is 3.83. The van der Waals surface area contributed by atoms with E-state index in [2.05, 4.69) is 10.1 Å². The van der Waals surface area contributed by atoms with E-state index in [1.54, 1.807) is 0 Å². The molecule has 4 heteroatoms. The normalized spacial score (nSPS) is 17.6. The van der Waals surface area contributed by atoms with E-state index < -0.39 is 0 Å². The Kier molecular flexibility index (Phi) is 2.18. The van der Waals surface area contributed by atoms with Crippen LogP contribution in [0.1, 0.15) is 36.3 Å². The SMILES string of the molecule is O=C1C2=C(CCCC2)c2nc(-c3ccccc3)nn21. The summed E-state index contributed by atoms with van der Waals surface area (Å²) in [5.41, 5.74) is 3.00. The molecule has 0 bridgehead atoms. The molecule has 19 heavy (non-hydrogen) atoms. The van der Waals surface area contributed by atoms with E-state index in [0.717, 1.165) is 48.2 Å². The molecule has 0 saturated carbocycles. The number of aromatic nitrogens is 3. The van der Waals surface area contributed by atoms with Gasteiger partial charge in [0.15, 0.2) is 11.6 Å². The van der Waals surface area contributed by atoms with Crippen LogP contribution >= 0.6 is 0 Å². The number of carbonyl (C=O) groups excluding carboxylic acids is 1. The van der Waals surface area contributed by atoms with Crippen molar-refractivity contribution in [1.82, 2.24) is 14.8 Å². The molecule has 1 aliphatic carbocycles. The van der Waals surface area contributed by atoms with Crippen LogP contribution in [0.25, 0.3) is 17.0 Å². The van der Waals surface area contributed by atoms with Crippen molar-refractivity contribution in [1.29, 1.82) is 0 Å². The Morgan fingerprint density at radius 2 is 1.74 bits per heavy atom. The number of fused-ring (bicyclic) bond motifs is 2. The number of hydrogen-bond acceptors (Lipinski definition) is 3. The first-order chi connectivity index (χ1) is 9.34. The highest BCUT2D eigenvalue weighted by molar-refractivity contribution is 6.07. The highest BCUT2D eigenvalue weighted by Crippen LogP contribution is 2.37.